The van der Waals surface area contributed by atoms with Crippen LogP contribution < -0.4 is 0 Å². The van der Waals surface area contributed by atoms with E-state index in [0.717, 1.165) is 44.4 Å². The van der Waals surface area contributed by atoms with Crippen molar-refractivity contribution in [3.63, 3.8) is 0 Å². The number of aliphatic hydroxyl groups is 1. The van der Waals surface area contributed by atoms with E-state index < -0.39 is 5.60 Å². The zero-order valence-electron chi connectivity index (χ0n) is 19.5. The molecular formula is C27H40N2O2. The Balaban J connectivity index is 1.27. The van der Waals surface area contributed by atoms with E-state index in [9.17, 15) is 5.11 Å². The average Bonchev–Trinajstić information content (AvgIpc) is 3.38. The summed E-state index contributed by atoms with van der Waals surface area (Å²) in [6.45, 7) is 8.91. The van der Waals surface area contributed by atoms with Crippen molar-refractivity contribution in [2.75, 3.05) is 26.2 Å². The van der Waals surface area contributed by atoms with Crippen molar-refractivity contribution < 1.29 is 9.94 Å². The highest BCUT2D eigenvalue weighted by Crippen LogP contribution is 2.67. The molecule has 0 radical (unpaired) electrons. The summed E-state index contributed by atoms with van der Waals surface area (Å²) in [7, 11) is 0. The molecule has 5 rings (SSSR count). The summed E-state index contributed by atoms with van der Waals surface area (Å²) in [6.07, 6.45) is 19.5. The molecule has 4 fully saturated rings. The molecule has 0 amide bonds. The maximum atomic E-state index is 11.2. The van der Waals surface area contributed by atoms with E-state index >= 15 is 0 Å². The number of allylic oxidation sites excluding steroid dienone is 2. The van der Waals surface area contributed by atoms with E-state index in [1.165, 1.54) is 45.2 Å². The second-order valence-corrected chi connectivity index (χ2v) is 11.5. The van der Waals surface area contributed by atoms with Crippen LogP contribution in [0.4, 0.5) is 0 Å². The van der Waals surface area contributed by atoms with E-state index in [-0.39, 0.29) is 10.8 Å². The average molecular weight is 425 g/mol. The fourth-order valence-corrected chi connectivity index (χ4v) is 8.20. The summed E-state index contributed by atoms with van der Waals surface area (Å²) in [4.78, 5) is 8.19. The standard InChI is InChI=1S/C27H40N2O2/c1-4-27(30)14-11-24-22-8-7-20-19-21(28-31-18-17-29-15-5-6-16-29)9-12-25(20,2)23(22)10-13-26(24,27)3/h1,19,22-24,30H,5-18H2,2-3H3/t22-,23+,24+,25+,26+,27+/m1/s1. The maximum absolute atomic E-state index is 11.2. The number of hydrogen-bond donors (Lipinski definition) is 1. The summed E-state index contributed by atoms with van der Waals surface area (Å²) in [5.41, 5.74) is 1.99. The van der Waals surface area contributed by atoms with Crippen molar-refractivity contribution in [1.82, 2.24) is 4.90 Å². The molecule has 0 unspecified atom stereocenters. The van der Waals surface area contributed by atoms with Gasteiger partial charge in [0.15, 0.2) is 0 Å². The van der Waals surface area contributed by atoms with Crippen molar-refractivity contribution in [1.29, 1.82) is 0 Å². The van der Waals surface area contributed by atoms with Crippen molar-refractivity contribution in [2.24, 2.45) is 33.7 Å². The topological polar surface area (TPSA) is 45.1 Å². The first-order chi connectivity index (χ1) is 14.9. The molecule has 1 heterocycles. The van der Waals surface area contributed by atoms with Gasteiger partial charge in [0, 0.05) is 12.0 Å². The fourth-order valence-electron chi connectivity index (χ4n) is 8.20. The van der Waals surface area contributed by atoms with Crippen LogP contribution in [0.3, 0.4) is 0 Å². The Morgan fingerprint density at radius 2 is 1.90 bits per heavy atom. The van der Waals surface area contributed by atoms with Crippen molar-refractivity contribution >= 4 is 5.71 Å². The quantitative estimate of drug-likeness (QED) is 0.401. The van der Waals surface area contributed by atoms with Crippen molar-refractivity contribution in [3.8, 4) is 12.3 Å². The molecule has 6 atom stereocenters. The van der Waals surface area contributed by atoms with Gasteiger partial charge in [-0.15, -0.1) is 6.42 Å². The zero-order valence-corrected chi connectivity index (χ0v) is 19.5. The lowest BCUT2D eigenvalue weighted by Gasteiger charge is -2.58. The Morgan fingerprint density at radius 1 is 1.13 bits per heavy atom. The first-order valence-electron chi connectivity index (χ1n) is 12.7. The van der Waals surface area contributed by atoms with Crippen LogP contribution in [0.5, 0.6) is 0 Å². The Bertz CT molecular complexity index is 807. The second kappa shape index (κ2) is 7.92. The summed E-state index contributed by atoms with van der Waals surface area (Å²) < 4.78 is 0. The molecule has 4 nitrogen and oxygen atoms in total. The lowest BCUT2D eigenvalue weighted by molar-refractivity contribution is -0.0987. The van der Waals surface area contributed by atoms with Gasteiger partial charge >= 0.3 is 0 Å². The van der Waals surface area contributed by atoms with Crippen LogP contribution in [0.2, 0.25) is 0 Å². The fraction of sp³-hybridized carbons (Fsp3) is 0.815. The molecule has 31 heavy (non-hydrogen) atoms. The van der Waals surface area contributed by atoms with Crippen molar-refractivity contribution in [2.45, 2.75) is 83.7 Å². The Morgan fingerprint density at radius 3 is 2.68 bits per heavy atom. The molecule has 1 aliphatic heterocycles. The van der Waals surface area contributed by atoms with Gasteiger partial charge in [-0.3, -0.25) is 4.90 Å². The molecule has 4 aliphatic carbocycles. The van der Waals surface area contributed by atoms with E-state index in [0.29, 0.717) is 24.4 Å². The Labute approximate surface area is 188 Å². The summed E-state index contributed by atoms with van der Waals surface area (Å²) in [5.74, 6) is 4.77. The first-order valence-corrected chi connectivity index (χ1v) is 12.7. The molecule has 3 saturated carbocycles. The van der Waals surface area contributed by atoms with Gasteiger partial charge in [0.25, 0.3) is 0 Å². The highest BCUT2D eigenvalue weighted by Gasteiger charge is 2.63. The van der Waals surface area contributed by atoms with Gasteiger partial charge < -0.3 is 9.94 Å². The molecule has 0 bridgehead atoms. The SMILES string of the molecule is C#C[C@]1(O)CC[C@H]2[C@@H]3CCC4=CC(=NOCCN5CCCC5)CC[C@]4(C)[C@H]3CC[C@@]21C. The van der Waals surface area contributed by atoms with Crippen LogP contribution in [0.25, 0.3) is 0 Å². The minimum absolute atomic E-state index is 0.106. The largest absolute Gasteiger partial charge is 0.394 e. The van der Waals surface area contributed by atoms with Crippen LogP contribution in [-0.4, -0.2) is 47.6 Å². The minimum Gasteiger partial charge on any atom is -0.394 e. The van der Waals surface area contributed by atoms with E-state index in [1.807, 2.05) is 0 Å². The van der Waals surface area contributed by atoms with Gasteiger partial charge in [-0.05, 0) is 107 Å². The molecule has 0 spiro atoms. The summed E-state index contributed by atoms with van der Waals surface area (Å²) in [5, 5.41) is 15.7. The third kappa shape index (κ3) is 3.39. The number of nitrogens with zero attached hydrogens (tertiary/aromatic N) is 2. The van der Waals surface area contributed by atoms with Crippen molar-refractivity contribution in [3.05, 3.63) is 11.6 Å². The summed E-state index contributed by atoms with van der Waals surface area (Å²) >= 11 is 0. The highest BCUT2D eigenvalue weighted by atomic mass is 16.6. The zero-order chi connectivity index (χ0) is 21.7. The van der Waals surface area contributed by atoms with E-state index in [2.05, 4.69) is 35.9 Å². The van der Waals surface area contributed by atoms with E-state index in [1.54, 1.807) is 5.57 Å². The highest BCUT2D eigenvalue weighted by molar-refractivity contribution is 5.96. The minimum atomic E-state index is -0.904. The van der Waals surface area contributed by atoms with Crippen LogP contribution in [0.15, 0.2) is 16.8 Å². The lowest BCUT2D eigenvalue weighted by Crippen LogP contribution is -2.54. The van der Waals surface area contributed by atoms with Gasteiger partial charge in [-0.1, -0.05) is 30.5 Å². The third-order valence-corrected chi connectivity index (χ3v) is 10.2. The van der Waals surface area contributed by atoms with Crippen LogP contribution in [-0.2, 0) is 4.84 Å². The third-order valence-electron chi connectivity index (χ3n) is 10.2. The Hall–Kier alpha value is -1.31. The lowest BCUT2D eigenvalue weighted by atomic mass is 9.46. The Kier molecular flexibility index (Phi) is 5.50. The summed E-state index contributed by atoms with van der Waals surface area (Å²) in [6, 6.07) is 0. The smallest absolute Gasteiger partial charge is 0.130 e. The maximum Gasteiger partial charge on any atom is 0.130 e. The van der Waals surface area contributed by atoms with Crippen LogP contribution in [0, 0.1) is 40.9 Å². The van der Waals surface area contributed by atoms with Crippen LogP contribution in [0.1, 0.15) is 78.1 Å². The van der Waals surface area contributed by atoms with Gasteiger partial charge in [0.2, 0.25) is 0 Å². The monoisotopic (exact) mass is 424 g/mol. The predicted octanol–water partition coefficient (Wildman–Crippen LogP) is 4.78. The van der Waals surface area contributed by atoms with Gasteiger partial charge in [0.1, 0.15) is 12.2 Å². The number of hydrogen-bond acceptors (Lipinski definition) is 4. The molecule has 170 valence electrons. The number of terminal acetylenes is 1. The number of oxime groups is 1. The predicted molar refractivity (Wildman–Crippen MR) is 125 cm³/mol. The van der Waals surface area contributed by atoms with Crippen LogP contribution >= 0.6 is 0 Å². The van der Waals surface area contributed by atoms with Gasteiger partial charge in [-0.2, -0.15) is 0 Å². The number of fused-ring (bicyclic) bond motifs is 5. The molecule has 5 aliphatic rings. The first kappa shape index (κ1) is 21.5. The second-order valence-electron chi connectivity index (χ2n) is 11.5. The molecule has 0 aromatic heterocycles. The van der Waals surface area contributed by atoms with E-state index in [4.69, 9.17) is 11.3 Å². The molecule has 0 aromatic carbocycles. The molecule has 1 saturated heterocycles. The molecular weight excluding hydrogens is 384 g/mol. The molecule has 1 N–H and O–H groups in total. The number of rotatable bonds is 4. The normalized spacial score (nSPS) is 46.1. The van der Waals surface area contributed by atoms with Gasteiger partial charge in [0.05, 0.1) is 5.71 Å². The number of likely N-dealkylation sites (tertiary alicyclic amines) is 1. The van der Waals surface area contributed by atoms with Gasteiger partial charge in [-0.25, -0.2) is 0 Å². The molecule has 0 aromatic rings. The molecule has 4 heteroatoms.